The van der Waals surface area contributed by atoms with Crippen molar-refractivity contribution in [2.75, 3.05) is 27.0 Å². The van der Waals surface area contributed by atoms with E-state index in [4.69, 9.17) is 4.74 Å². The highest BCUT2D eigenvalue weighted by Crippen LogP contribution is 2.29. The minimum Gasteiger partial charge on any atom is -0.496 e. The fourth-order valence-electron chi connectivity index (χ4n) is 1.65. The zero-order chi connectivity index (χ0) is 11.4. The quantitative estimate of drug-likeness (QED) is 0.791. The third-order valence-electron chi connectivity index (χ3n) is 2.54. The first-order valence-electron chi connectivity index (χ1n) is 5.02. The fraction of sp³-hybridized carbons (Fsp3) is 0.500. The zero-order valence-corrected chi connectivity index (χ0v) is 10.7. The maximum absolute atomic E-state index is 5.37. The zero-order valence-electron chi connectivity index (χ0n) is 9.82. The molecule has 1 aromatic carbocycles. The molecule has 0 heterocycles. The van der Waals surface area contributed by atoms with Gasteiger partial charge in [-0.25, -0.2) is 0 Å². The van der Waals surface area contributed by atoms with Gasteiger partial charge in [-0.15, -0.1) is 0 Å². The third-order valence-corrected chi connectivity index (χ3v) is 2.89. The minimum absolute atomic E-state index is 0.295. The second-order valence-corrected chi connectivity index (χ2v) is 4.27. The van der Waals surface area contributed by atoms with E-state index in [0.29, 0.717) is 6.04 Å². The Balaban J connectivity index is 3.13. The molecule has 0 saturated heterocycles. The van der Waals surface area contributed by atoms with Crippen LogP contribution in [-0.2, 0) is 0 Å². The second kappa shape index (κ2) is 5.42. The summed E-state index contributed by atoms with van der Waals surface area (Å²) in [6, 6.07) is 6.54. The van der Waals surface area contributed by atoms with E-state index in [1.165, 1.54) is 11.1 Å². The van der Waals surface area contributed by atoms with E-state index in [-0.39, 0.29) is 0 Å². The van der Waals surface area contributed by atoms with Crippen LogP contribution in [-0.4, -0.2) is 31.9 Å². The molecule has 0 fully saturated rings. The van der Waals surface area contributed by atoms with Crippen LogP contribution in [0.2, 0.25) is 0 Å². The Kier molecular flexibility index (Phi) is 4.48. The van der Waals surface area contributed by atoms with Crippen molar-refractivity contribution < 1.29 is 4.74 Å². The topological polar surface area (TPSA) is 12.5 Å². The van der Waals surface area contributed by atoms with Gasteiger partial charge in [0.15, 0.2) is 0 Å². The molecule has 0 saturated carbocycles. The molecule has 1 unspecified atom stereocenters. The normalized spacial score (nSPS) is 12.9. The molecule has 0 N–H and O–H groups in total. The third kappa shape index (κ3) is 2.89. The first kappa shape index (κ1) is 12.4. The van der Waals surface area contributed by atoms with Crippen LogP contribution in [0.3, 0.4) is 0 Å². The molecule has 3 heteroatoms. The monoisotopic (exact) mass is 225 g/mol. The molecule has 15 heavy (non-hydrogen) atoms. The number of rotatable bonds is 4. The molecule has 0 spiro atoms. The Morgan fingerprint density at radius 1 is 1.40 bits per heavy atom. The molecular formula is C12H19NOS. The van der Waals surface area contributed by atoms with Crippen molar-refractivity contribution in [2.45, 2.75) is 13.0 Å². The average Bonchev–Trinajstić information content (AvgIpc) is 2.18. The number of methoxy groups -OCH3 is 1. The SMILES string of the molecule is COc1ccc(C)cc1C(CS)N(C)C. The van der Waals surface area contributed by atoms with Gasteiger partial charge in [-0.2, -0.15) is 12.6 Å². The lowest BCUT2D eigenvalue weighted by molar-refractivity contribution is 0.313. The number of hydrogen-bond acceptors (Lipinski definition) is 3. The Labute approximate surface area is 97.6 Å². The van der Waals surface area contributed by atoms with Gasteiger partial charge < -0.3 is 9.64 Å². The van der Waals surface area contributed by atoms with Crippen LogP contribution in [0.25, 0.3) is 0 Å². The first-order valence-corrected chi connectivity index (χ1v) is 5.65. The summed E-state index contributed by atoms with van der Waals surface area (Å²) >= 11 is 4.39. The Hall–Kier alpha value is -0.670. The summed E-state index contributed by atoms with van der Waals surface area (Å²) < 4.78 is 5.37. The number of nitrogens with zero attached hydrogens (tertiary/aromatic N) is 1. The smallest absolute Gasteiger partial charge is 0.123 e. The van der Waals surface area contributed by atoms with Crippen LogP contribution >= 0.6 is 12.6 Å². The molecule has 0 aliphatic carbocycles. The molecule has 0 aliphatic rings. The average molecular weight is 225 g/mol. The van der Waals surface area contributed by atoms with Gasteiger partial charge in [0.2, 0.25) is 0 Å². The Morgan fingerprint density at radius 2 is 2.07 bits per heavy atom. The van der Waals surface area contributed by atoms with E-state index in [1.807, 2.05) is 6.07 Å². The van der Waals surface area contributed by atoms with Gasteiger partial charge in [-0.1, -0.05) is 17.7 Å². The van der Waals surface area contributed by atoms with Crippen LogP contribution in [0.5, 0.6) is 5.75 Å². The van der Waals surface area contributed by atoms with Crippen molar-refractivity contribution >= 4 is 12.6 Å². The lowest BCUT2D eigenvalue weighted by atomic mass is 10.0. The highest BCUT2D eigenvalue weighted by atomic mass is 32.1. The number of benzene rings is 1. The molecular weight excluding hydrogens is 206 g/mol. The molecule has 0 radical (unpaired) electrons. The maximum atomic E-state index is 5.37. The van der Waals surface area contributed by atoms with Crippen LogP contribution < -0.4 is 4.74 Å². The predicted molar refractivity (Wildman–Crippen MR) is 68.0 cm³/mol. The molecule has 0 bridgehead atoms. The summed E-state index contributed by atoms with van der Waals surface area (Å²) in [6.07, 6.45) is 0. The van der Waals surface area contributed by atoms with E-state index < -0.39 is 0 Å². The predicted octanol–water partition coefficient (Wildman–Crippen LogP) is 2.54. The standard InChI is InChI=1S/C12H19NOS/c1-9-5-6-12(14-4)10(7-9)11(8-15)13(2)3/h5-7,11,15H,8H2,1-4H3. The van der Waals surface area contributed by atoms with Crippen LogP contribution in [0, 0.1) is 6.92 Å². The maximum Gasteiger partial charge on any atom is 0.123 e. The van der Waals surface area contributed by atoms with Gasteiger partial charge in [0, 0.05) is 17.4 Å². The lowest BCUT2D eigenvalue weighted by Crippen LogP contribution is -2.22. The summed E-state index contributed by atoms with van der Waals surface area (Å²) in [7, 11) is 5.82. The lowest BCUT2D eigenvalue weighted by Gasteiger charge is -2.25. The summed E-state index contributed by atoms with van der Waals surface area (Å²) in [4.78, 5) is 2.16. The number of aryl methyl sites for hydroxylation is 1. The first-order chi connectivity index (χ1) is 7.10. The second-order valence-electron chi connectivity index (χ2n) is 3.91. The molecule has 1 aromatic rings. The van der Waals surface area contributed by atoms with Gasteiger partial charge in [0.25, 0.3) is 0 Å². The number of hydrogen-bond donors (Lipinski definition) is 1. The van der Waals surface area contributed by atoms with Gasteiger partial charge in [-0.3, -0.25) is 0 Å². The van der Waals surface area contributed by atoms with Crippen molar-refractivity contribution in [3.05, 3.63) is 29.3 Å². The van der Waals surface area contributed by atoms with Crippen LogP contribution in [0.1, 0.15) is 17.2 Å². The van der Waals surface area contributed by atoms with E-state index in [1.54, 1.807) is 7.11 Å². The van der Waals surface area contributed by atoms with Gasteiger partial charge in [0.1, 0.15) is 5.75 Å². The van der Waals surface area contributed by atoms with E-state index in [2.05, 4.69) is 50.7 Å². The Morgan fingerprint density at radius 3 is 2.53 bits per heavy atom. The van der Waals surface area contributed by atoms with Crippen LogP contribution in [0.15, 0.2) is 18.2 Å². The van der Waals surface area contributed by atoms with Crippen molar-refractivity contribution in [1.82, 2.24) is 4.90 Å². The van der Waals surface area contributed by atoms with Crippen molar-refractivity contribution in [1.29, 1.82) is 0 Å². The molecule has 1 rings (SSSR count). The summed E-state index contributed by atoms with van der Waals surface area (Å²) in [6.45, 7) is 2.09. The number of ether oxygens (including phenoxy) is 1. The highest BCUT2D eigenvalue weighted by molar-refractivity contribution is 7.80. The molecule has 0 aliphatic heterocycles. The molecule has 0 aromatic heterocycles. The van der Waals surface area contributed by atoms with Crippen molar-refractivity contribution in [2.24, 2.45) is 0 Å². The largest absolute Gasteiger partial charge is 0.496 e. The summed E-state index contributed by atoms with van der Waals surface area (Å²) in [5.41, 5.74) is 2.46. The molecule has 84 valence electrons. The number of thiol groups is 1. The van der Waals surface area contributed by atoms with E-state index in [0.717, 1.165) is 11.5 Å². The van der Waals surface area contributed by atoms with Crippen LogP contribution in [0.4, 0.5) is 0 Å². The van der Waals surface area contributed by atoms with Gasteiger partial charge in [-0.05, 0) is 27.1 Å². The Bertz CT molecular complexity index is 325. The van der Waals surface area contributed by atoms with Crippen molar-refractivity contribution in [3.8, 4) is 5.75 Å². The van der Waals surface area contributed by atoms with Gasteiger partial charge in [0.05, 0.1) is 7.11 Å². The molecule has 0 amide bonds. The minimum atomic E-state index is 0.295. The molecule has 2 nitrogen and oxygen atoms in total. The molecule has 1 atom stereocenters. The van der Waals surface area contributed by atoms with E-state index in [9.17, 15) is 0 Å². The van der Waals surface area contributed by atoms with E-state index >= 15 is 0 Å². The summed E-state index contributed by atoms with van der Waals surface area (Å²) in [5.74, 6) is 1.72. The fourth-order valence-corrected chi connectivity index (χ4v) is 2.18. The highest BCUT2D eigenvalue weighted by Gasteiger charge is 2.16. The van der Waals surface area contributed by atoms with Gasteiger partial charge >= 0.3 is 0 Å². The summed E-state index contributed by atoms with van der Waals surface area (Å²) in [5, 5.41) is 0. The van der Waals surface area contributed by atoms with Crippen molar-refractivity contribution in [3.63, 3.8) is 0 Å².